The molecule has 1 aliphatic heterocycles. The van der Waals surface area contributed by atoms with Gasteiger partial charge in [-0.15, -0.1) is 0 Å². The number of aliphatic imine (C=N–C) groups is 1. The predicted molar refractivity (Wildman–Crippen MR) is 59.2 cm³/mol. The third kappa shape index (κ3) is 1.22. The maximum Gasteiger partial charge on any atom is 0.191 e. The van der Waals surface area contributed by atoms with Gasteiger partial charge in [0.25, 0.3) is 0 Å². The van der Waals surface area contributed by atoms with E-state index in [2.05, 4.69) is 23.7 Å². The first kappa shape index (κ1) is 9.81. The van der Waals surface area contributed by atoms with Gasteiger partial charge in [-0.25, -0.2) is 0 Å². The quantitative estimate of drug-likeness (QED) is 0.690. The van der Waals surface area contributed by atoms with E-state index < -0.39 is 0 Å². The van der Waals surface area contributed by atoms with Crippen LogP contribution in [0.15, 0.2) is 4.99 Å². The fourth-order valence-electron chi connectivity index (χ4n) is 3.13. The summed E-state index contributed by atoms with van der Waals surface area (Å²) >= 11 is 0. The van der Waals surface area contributed by atoms with Gasteiger partial charge in [-0.1, -0.05) is 19.8 Å². The number of guanidine groups is 1. The largest absolute Gasteiger partial charge is 0.370 e. The molecule has 2 rings (SSSR count). The van der Waals surface area contributed by atoms with Gasteiger partial charge in [-0.2, -0.15) is 0 Å². The Balaban J connectivity index is 2.22. The van der Waals surface area contributed by atoms with Crippen LogP contribution < -0.4 is 5.73 Å². The van der Waals surface area contributed by atoms with E-state index in [-0.39, 0.29) is 5.54 Å². The first-order chi connectivity index (χ1) is 6.70. The van der Waals surface area contributed by atoms with E-state index in [9.17, 15) is 0 Å². The molecule has 0 aromatic heterocycles. The number of hydrogen-bond donors (Lipinski definition) is 1. The first-order valence-electron chi connectivity index (χ1n) is 5.78. The summed E-state index contributed by atoms with van der Waals surface area (Å²) in [6.07, 6.45) is 5.32. The summed E-state index contributed by atoms with van der Waals surface area (Å²) in [4.78, 5) is 6.77. The van der Waals surface area contributed by atoms with Gasteiger partial charge in [0.15, 0.2) is 5.96 Å². The van der Waals surface area contributed by atoms with E-state index in [0.29, 0.717) is 0 Å². The first-order valence-corrected chi connectivity index (χ1v) is 5.78. The van der Waals surface area contributed by atoms with Crippen molar-refractivity contribution in [2.75, 3.05) is 13.1 Å². The van der Waals surface area contributed by atoms with Crippen LogP contribution in [0.3, 0.4) is 0 Å². The molecule has 2 aliphatic rings. The molecule has 1 saturated carbocycles. The highest BCUT2D eigenvalue weighted by Gasteiger charge is 2.46. The van der Waals surface area contributed by atoms with E-state index in [0.717, 1.165) is 25.0 Å². The highest BCUT2D eigenvalue weighted by Crippen LogP contribution is 2.40. The molecule has 1 heterocycles. The van der Waals surface area contributed by atoms with Crippen LogP contribution in [0.1, 0.15) is 39.5 Å². The van der Waals surface area contributed by atoms with Gasteiger partial charge in [0.05, 0.1) is 12.1 Å². The summed E-state index contributed by atoms with van der Waals surface area (Å²) in [6, 6.07) is 0. The van der Waals surface area contributed by atoms with Gasteiger partial charge in [0.2, 0.25) is 0 Å². The molecule has 0 bridgehead atoms. The van der Waals surface area contributed by atoms with E-state index >= 15 is 0 Å². The van der Waals surface area contributed by atoms with Crippen molar-refractivity contribution < 1.29 is 0 Å². The molecule has 0 aromatic rings. The second-order valence-electron chi connectivity index (χ2n) is 4.67. The van der Waals surface area contributed by atoms with Gasteiger partial charge in [0.1, 0.15) is 0 Å². The fourth-order valence-corrected chi connectivity index (χ4v) is 3.13. The second kappa shape index (κ2) is 3.44. The lowest BCUT2D eigenvalue weighted by Crippen LogP contribution is -2.56. The second-order valence-corrected chi connectivity index (χ2v) is 4.67. The zero-order chi connectivity index (χ0) is 10.2. The predicted octanol–water partition coefficient (Wildman–Crippen LogP) is 1.59. The van der Waals surface area contributed by atoms with E-state index in [1.54, 1.807) is 0 Å². The lowest BCUT2D eigenvalue weighted by atomic mass is 9.73. The molecule has 2 atom stereocenters. The van der Waals surface area contributed by atoms with Crippen LogP contribution in [0, 0.1) is 5.92 Å². The molecule has 1 spiro atoms. The van der Waals surface area contributed by atoms with Gasteiger partial charge < -0.3 is 10.6 Å². The van der Waals surface area contributed by atoms with Crippen LogP contribution in [0.2, 0.25) is 0 Å². The van der Waals surface area contributed by atoms with Crippen molar-refractivity contribution in [1.29, 1.82) is 0 Å². The normalized spacial score (nSPS) is 37.7. The van der Waals surface area contributed by atoms with Gasteiger partial charge >= 0.3 is 0 Å². The zero-order valence-corrected chi connectivity index (χ0v) is 9.29. The lowest BCUT2D eigenvalue weighted by Gasteiger charge is -2.46. The molecule has 1 fully saturated rings. The Bertz CT molecular complexity index is 249. The summed E-state index contributed by atoms with van der Waals surface area (Å²) in [7, 11) is 0. The molecule has 0 amide bonds. The minimum Gasteiger partial charge on any atom is -0.370 e. The molecule has 80 valence electrons. The van der Waals surface area contributed by atoms with Crippen LogP contribution in [-0.2, 0) is 0 Å². The number of rotatable bonds is 1. The Hall–Kier alpha value is -0.730. The van der Waals surface area contributed by atoms with Gasteiger partial charge in [-0.3, -0.25) is 4.99 Å². The van der Waals surface area contributed by atoms with Gasteiger partial charge in [0, 0.05) is 6.54 Å². The van der Waals surface area contributed by atoms with Crippen molar-refractivity contribution in [1.82, 2.24) is 4.90 Å². The standard InChI is InChI=1S/C11H21N3/c1-3-14-10(12)13-8-11(14)7-5-4-6-9(11)2/h9H,3-8H2,1-2H3,(H2,12,13). The average Bonchev–Trinajstić information content (AvgIpc) is 2.50. The summed E-state index contributed by atoms with van der Waals surface area (Å²) < 4.78 is 0. The maximum absolute atomic E-state index is 5.93. The zero-order valence-electron chi connectivity index (χ0n) is 9.29. The lowest BCUT2D eigenvalue weighted by molar-refractivity contribution is 0.0868. The van der Waals surface area contributed by atoms with Crippen molar-refractivity contribution in [2.24, 2.45) is 16.6 Å². The molecule has 2 N–H and O–H groups in total. The molecule has 3 nitrogen and oxygen atoms in total. The van der Waals surface area contributed by atoms with Crippen molar-refractivity contribution in [3.8, 4) is 0 Å². The molecular weight excluding hydrogens is 174 g/mol. The summed E-state index contributed by atoms with van der Waals surface area (Å²) in [6.45, 7) is 6.46. The molecule has 2 unspecified atom stereocenters. The molecule has 0 saturated heterocycles. The molecule has 1 aliphatic carbocycles. The smallest absolute Gasteiger partial charge is 0.191 e. The molecule has 3 heteroatoms. The fraction of sp³-hybridized carbons (Fsp3) is 0.909. The number of nitrogens with zero attached hydrogens (tertiary/aromatic N) is 2. The highest BCUT2D eigenvalue weighted by molar-refractivity contribution is 5.81. The third-order valence-electron chi connectivity index (χ3n) is 4.06. The van der Waals surface area contributed by atoms with Crippen LogP contribution >= 0.6 is 0 Å². The third-order valence-corrected chi connectivity index (χ3v) is 4.06. The number of nitrogens with two attached hydrogens (primary N) is 1. The van der Waals surface area contributed by atoms with Crippen molar-refractivity contribution >= 4 is 5.96 Å². The summed E-state index contributed by atoms with van der Waals surface area (Å²) in [5.74, 6) is 1.50. The summed E-state index contributed by atoms with van der Waals surface area (Å²) in [5, 5.41) is 0. The van der Waals surface area contributed by atoms with Crippen LogP contribution in [0.25, 0.3) is 0 Å². The molecule has 0 radical (unpaired) electrons. The topological polar surface area (TPSA) is 41.6 Å². The Morgan fingerprint density at radius 2 is 2.36 bits per heavy atom. The SMILES string of the molecule is CCN1C(N)=NCC12CCCCC2C. The number of hydrogen-bond acceptors (Lipinski definition) is 3. The molecule has 14 heavy (non-hydrogen) atoms. The molecular formula is C11H21N3. The highest BCUT2D eigenvalue weighted by atomic mass is 15.4. The van der Waals surface area contributed by atoms with Crippen molar-refractivity contribution in [2.45, 2.75) is 45.1 Å². The van der Waals surface area contributed by atoms with E-state index in [1.165, 1.54) is 25.7 Å². The maximum atomic E-state index is 5.93. The monoisotopic (exact) mass is 195 g/mol. The molecule has 0 aromatic carbocycles. The average molecular weight is 195 g/mol. The Labute approximate surface area is 86.4 Å². The number of likely N-dealkylation sites (N-methyl/N-ethyl adjacent to an activating group) is 1. The minimum absolute atomic E-state index is 0.275. The Kier molecular flexibility index (Phi) is 2.41. The van der Waals surface area contributed by atoms with Crippen LogP contribution in [0.5, 0.6) is 0 Å². The van der Waals surface area contributed by atoms with Crippen molar-refractivity contribution in [3.05, 3.63) is 0 Å². The Morgan fingerprint density at radius 3 is 3.00 bits per heavy atom. The van der Waals surface area contributed by atoms with E-state index in [1.807, 2.05) is 0 Å². The summed E-state index contributed by atoms with van der Waals surface area (Å²) in [5.41, 5.74) is 6.21. The van der Waals surface area contributed by atoms with Crippen molar-refractivity contribution in [3.63, 3.8) is 0 Å². The minimum atomic E-state index is 0.275. The Morgan fingerprint density at radius 1 is 1.57 bits per heavy atom. The van der Waals surface area contributed by atoms with E-state index in [4.69, 9.17) is 5.73 Å². The van der Waals surface area contributed by atoms with Crippen LogP contribution in [-0.4, -0.2) is 29.5 Å². The van der Waals surface area contributed by atoms with Gasteiger partial charge in [-0.05, 0) is 25.7 Å². The van der Waals surface area contributed by atoms with Crippen LogP contribution in [0.4, 0.5) is 0 Å².